The van der Waals surface area contributed by atoms with E-state index < -0.39 is 0 Å². The molecule has 2 heterocycles. The molecule has 6 fully saturated rings. The van der Waals surface area contributed by atoms with Crippen molar-refractivity contribution in [2.75, 3.05) is 9.80 Å². The molecule has 0 N–H and O–H groups in total. The smallest absolute Gasteiger partial charge is 0.238 e. The van der Waals surface area contributed by atoms with E-state index in [1.807, 2.05) is 0 Å². The van der Waals surface area contributed by atoms with Gasteiger partial charge in [0.2, 0.25) is 23.6 Å². The Hall–Kier alpha value is -0.580. The van der Waals surface area contributed by atoms with E-state index in [4.69, 9.17) is 0 Å². The van der Waals surface area contributed by atoms with Crippen LogP contribution in [0.4, 0.5) is 11.4 Å². The number of fused-ring (bicyclic) bond motifs is 10. The van der Waals surface area contributed by atoms with Gasteiger partial charge in [-0.3, -0.25) is 19.2 Å². The van der Waals surface area contributed by atoms with Crippen LogP contribution in [-0.4, -0.2) is 42.9 Å². The molecule has 4 amide bonds. The van der Waals surface area contributed by atoms with Crippen molar-refractivity contribution >= 4 is 98.7 Å². The van der Waals surface area contributed by atoms with Gasteiger partial charge in [-0.1, -0.05) is 69.8 Å². The predicted molar refractivity (Wildman–Crippen MR) is 139 cm³/mol. The fourth-order valence-corrected chi connectivity index (χ4v) is 11.7. The van der Waals surface area contributed by atoms with Crippen LogP contribution < -0.4 is 9.80 Å². The lowest BCUT2D eigenvalue weighted by Crippen LogP contribution is -2.37. The molecular formula is C24H20Br4N2O4. The molecule has 0 radical (unpaired) electrons. The Bertz CT molecular complexity index is 1030. The van der Waals surface area contributed by atoms with Crippen molar-refractivity contribution in [3.05, 3.63) is 24.3 Å². The van der Waals surface area contributed by atoms with E-state index >= 15 is 0 Å². The lowest BCUT2D eigenvalue weighted by Gasteiger charge is -2.28. The van der Waals surface area contributed by atoms with E-state index in [2.05, 4.69) is 63.7 Å². The fraction of sp³-hybridized carbons (Fsp3) is 0.583. The number of benzene rings is 1. The van der Waals surface area contributed by atoms with Crippen LogP contribution in [0.3, 0.4) is 0 Å². The van der Waals surface area contributed by atoms with Crippen LogP contribution in [-0.2, 0) is 19.2 Å². The molecule has 7 rings (SSSR count). The highest BCUT2D eigenvalue weighted by Gasteiger charge is 2.68. The Balaban J connectivity index is 1.22. The molecule has 1 aromatic rings. The van der Waals surface area contributed by atoms with E-state index in [1.54, 1.807) is 24.3 Å². The molecule has 10 heteroatoms. The molecule has 4 saturated carbocycles. The maximum atomic E-state index is 13.4. The van der Waals surface area contributed by atoms with Crippen molar-refractivity contribution in [3.8, 4) is 0 Å². The van der Waals surface area contributed by atoms with E-state index in [-0.39, 0.29) is 90.3 Å². The van der Waals surface area contributed by atoms with Crippen molar-refractivity contribution in [1.29, 1.82) is 0 Å². The van der Waals surface area contributed by atoms with Gasteiger partial charge in [0, 0.05) is 19.3 Å². The molecule has 6 aliphatic rings. The van der Waals surface area contributed by atoms with Gasteiger partial charge in [0.05, 0.1) is 35.0 Å². The van der Waals surface area contributed by atoms with Crippen molar-refractivity contribution in [2.24, 2.45) is 47.3 Å². The molecule has 2 saturated heterocycles. The van der Waals surface area contributed by atoms with Gasteiger partial charge in [-0.2, -0.15) is 0 Å². The van der Waals surface area contributed by atoms with E-state index in [0.29, 0.717) is 11.4 Å². The van der Waals surface area contributed by atoms with Crippen molar-refractivity contribution in [3.63, 3.8) is 0 Å². The Morgan fingerprint density at radius 1 is 0.559 bits per heavy atom. The highest BCUT2D eigenvalue weighted by molar-refractivity contribution is 9.12. The second-order valence-electron chi connectivity index (χ2n) is 10.6. The largest absolute Gasteiger partial charge is 0.274 e. The standard InChI is InChI=1S/C24H20Br4N2O4/c25-17-9-5-10(18(17)26)14-13(9)21(31)29(22(14)32)7-2-1-3-8(4-7)30-23(33)15-11-6-12(16(15)24(30)34)20(28)19(11)27/h1-4,9-20H,5-6H2/t9-,10-,11-,12-,13-,14-,15-,16+,17+,18+,19-,20+/m1/s1. The number of hydrogen-bond donors (Lipinski definition) is 0. The van der Waals surface area contributed by atoms with Crippen LogP contribution in [0.15, 0.2) is 24.3 Å². The van der Waals surface area contributed by atoms with Crippen molar-refractivity contribution in [1.82, 2.24) is 0 Å². The quantitative estimate of drug-likeness (QED) is 0.339. The van der Waals surface area contributed by atoms with E-state index in [0.717, 1.165) is 12.8 Å². The van der Waals surface area contributed by atoms with Gasteiger partial charge in [0.1, 0.15) is 0 Å². The molecule has 0 aromatic heterocycles. The molecule has 6 nitrogen and oxygen atoms in total. The summed E-state index contributed by atoms with van der Waals surface area (Å²) in [4.78, 5) is 57.0. The first-order valence-electron chi connectivity index (χ1n) is 11.6. The number of halogens is 4. The lowest BCUT2D eigenvalue weighted by molar-refractivity contribution is -0.124. The van der Waals surface area contributed by atoms with Gasteiger partial charge in [-0.25, -0.2) is 9.80 Å². The third kappa shape index (κ3) is 2.62. The van der Waals surface area contributed by atoms with Crippen LogP contribution >= 0.6 is 63.7 Å². The highest BCUT2D eigenvalue weighted by Crippen LogP contribution is 2.62. The number of imide groups is 2. The molecule has 4 bridgehead atoms. The van der Waals surface area contributed by atoms with Gasteiger partial charge in [0.15, 0.2) is 0 Å². The van der Waals surface area contributed by atoms with E-state index in [1.165, 1.54) is 9.80 Å². The maximum absolute atomic E-state index is 13.4. The summed E-state index contributed by atoms with van der Waals surface area (Å²) in [5.74, 6) is -1.36. The topological polar surface area (TPSA) is 74.8 Å². The molecule has 34 heavy (non-hydrogen) atoms. The summed E-state index contributed by atoms with van der Waals surface area (Å²) in [6, 6.07) is 6.82. The Kier molecular flexibility index (Phi) is 4.97. The minimum atomic E-state index is -0.309. The summed E-state index contributed by atoms with van der Waals surface area (Å²) in [7, 11) is 0. The van der Waals surface area contributed by atoms with Gasteiger partial charge in [0.25, 0.3) is 0 Å². The zero-order valence-electron chi connectivity index (χ0n) is 17.7. The van der Waals surface area contributed by atoms with Gasteiger partial charge >= 0.3 is 0 Å². The van der Waals surface area contributed by atoms with Gasteiger partial charge < -0.3 is 0 Å². The molecule has 12 atom stereocenters. The molecule has 178 valence electrons. The molecular weight excluding hydrogens is 700 g/mol. The first-order valence-corrected chi connectivity index (χ1v) is 15.3. The number of anilines is 2. The predicted octanol–water partition coefficient (Wildman–Crippen LogP) is 4.25. The molecule has 0 unspecified atom stereocenters. The lowest BCUT2D eigenvalue weighted by atomic mass is 9.81. The summed E-state index contributed by atoms with van der Waals surface area (Å²) < 4.78 is 0. The molecule has 2 aliphatic heterocycles. The number of rotatable bonds is 2. The van der Waals surface area contributed by atoms with Gasteiger partial charge in [-0.05, 0) is 54.7 Å². The normalized spacial score (nSPS) is 48.5. The molecule has 1 aromatic carbocycles. The first kappa shape index (κ1) is 22.6. The number of hydrogen-bond acceptors (Lipinski definition) is 4. The van der Waals surface area contributed by atoms with Gasteiger partial charge in [-0.15, -0.1) is 0 Å². The van der Waals surface area contributed by atoms with Crippen molar-refractivity contribution < 1.29 is 19.2 Å². The summed E-state index contributed by atoms with van der Waals surface area (Å²) in [6.07, 6.45) is 1.75. The Morgan fingerprint density at radius 2 is 0.853 bits per heavy atom. The highest BCUT2D eigenvalue weighted by atomic mass is 79.9. The minimum absolute atomic E-state index is 0.134. The number of nitrogens with zero attached hydrogens (tertiary/aromatic N) is 2. The zero-order valence-corrected chi connectivity index (χ0v) is 24.0. The second-order valence-corrected chi connectivity index (χ2v) is 14.8. The fourth-order valence-electron chi connectivity index (χ4n) is 7.98. The monoisotopic (exact) mass is 716 g/mol. The average molecular weight is 720 g/mol. The number of carbonyl (C=O) groups is 4. The average Bonchev–Trinajstić information content (AvgIpc) is 3.61. The van der Waals surface area contributed by atoms with Crippen LogP contribution in [0.1, 0.15) is 12.8 Å². The van der Waals surface area contributed by atoms with Crippen LogP contribution in [0.25, 0.3) is 0 Å². The number of carbonyl (C=O) groups excluding carboxylic acids is 4. The van der Waals surface area contributed by atoms with E-state index in [9.17, 15) is 19.2 Å². The maximum Gasteiger partial charge on any atom is 0.238 e. The number of alkyl halides is 4. The first-order chi connectivity index (χ1) is 16.2. The summed E-state index contributed by atoms with van der Waals surface area (Å²) >= 11 is 14.9. The van der Waals surface area contributed by atoms with Crippen molar-refractivity contribution in [2.45, 2.75) is 32.2 Å². The molecule has 4 aliphatic carbocycles. The zero-order chi connectivity index (χ0) is 23.8. The second kappa shape index (κ2) is 7.48. The van der Waals surface area contributed by atoms with Crippen LogP contribution in [0.2, 0.25) is 0 Å². The summed E-state index contributed by atoms with van der Waals surface area (Å²) in [6.45, 7) is 0. The SMILES string of the molecule is O=C1[C@@H]2[C@H]3C[C@@H]([C@H](Br)[C@H]3Br)[C@H]2C(=O)N1c1cccc(N2C(=O)[C@@H]3[C@H]4C[C@@H]([C@H](Br)[C@@H]4Br)[C@@H]3C2=O)c1. The summed E-state index contributed by atoms with van der Waals surface area (Å²) in [5, 5.41) is 0. The Labute approximate surface area is 230 Å². The van der Waals surface area contributed by atoms with Crippen LogP contribution in [0, 0.1) is 47.3 Å². The summed E-state index contributed by atoms with van der Waals surface area (Å²) in [5.41, 5.74) is 0.881. The third-order valence-electron chi connectivity index (χ3n) is 9.32. The third-order valence-corrected chi connectivity index (χ3v) is 15.7. The number of amides is 4. The minimum Gasteiger partial charge on any atom is -0.274 e. The van der Waals surface area contributed by atoms with Crippen LogP contribution in [0.5, 0.6) is 0 Å². The Morgan fingerprint density at radius 3 is 1.15 bits per heavy atom. The molecule has 0 spiro atoms.